The van der Waals surface area contributed by atoms with Crippen LogP contribution in [-0.2, 0) is 6.42 Å². The van der Waals surface area contributed by atoms with Crippen molar-refractivity contribution in [1.82, 2.24) is 15.5 Å². The van der Waals surface area contributed by atoms with E-state index >= 15 is 0 Å². The molecule has 0 amide bonds. The van der Waals surface area contributed by atoms with Crippen molar-refractivity contribution in [3.8, 4) is 0 Å². The van der Waals surface area contributed by atoms with Gasteiger partial charge in [-0.05, 0) is 38.9 Å². The van der Waals surface area contributed by atoms with Gasteiger partial charge < -0.3 is 15.5 Å². The Morgan fingerprint density at radius 2 is 1.91 bits per heavy atom. The van der Waals surface area contributed by atoms with E-state index in [0.717, 1.165) is 31.8 Å². The van der Waals surface area contributed by atoms with Crippen LogP contribution in [0.2, 0.25) is 0 Å². The molecule has 0 radical (unpaired) electrons. The Morgan fingerprint density at radius 3 is 2.50 bits per heavy atom. The SMILES string of the molecule is CN=C(NCC(Cc1ccccc1)N(C)C)NC1CC=CC1. The summed E-state index contributed by atoms with van der Waals surface area (Å²) in [6.07, 6.45) is 7.65. The van der Waals surface area contributed by atoms with Gasteiger partial charge in [-0.3, -0.25) is 4.99 Å². The highest BCUT2D eigenvalue weighted by Crippen LogP contribution is 2.09. The predicted octanol–water partition coefficient (Wildman–Crippen LogP) is 2.04. The van der Waals surface area contributed by atoms with Gasteiger partial charge in [0.05, 0.1) is 0 Å². The normalized spacial score (nSPS) is 17.0. The van der Waals surface area contributed by atoms with Gasteiger partial charge in [-0.15, -0.1) is 0 Å². The zero-order valence-electron chi connectivity index (χ0n) is 13.9. The van der Waals surface area contributed by atoms with Crippen molar-refractivity contribution in [1.29, 1.82) is 0 Å². The van der Waals surface area contributed by atoms with E-state index in [-0.39, 0.29) is 0 Å². The number of nitrogens with one attached hydrogen (secondary N) is 2. The molecule has 1 aliphatic rings. The second kappa shape index (κ2) is 8.59. The summed E-state index contributed by atoms with van der Waals surface area (Å²) in [5.74, 6) is 0.897. The molecule has 4 heteroatoms. The van der Waals surface area contributed by atoms with Gasteiger partial charge >= 0.3 is 0 Å². The number of likely N-dealkylation sites (N-methyl/N-ethyl adjacent to an activating group) is 1. The average Bonchev–Trinajstić information content (AvgIpc) is 3.03. The van der Waals surface area contributed by atoms with Crippen molar-refractivity contribution < 1.29 is 0 Å². The summed E-state index contributed by atoms with van der Waals surface area (Å²) >= 11 is 0. The van der Waals surface area contributed by atoms with E-state index in [1.165, 1.54) is 5.56 Å². The molecule has 1 aromatic rings. The fraction of sp³-hybridized carbons (Fsp3) is 0.500. The van der Waals surface area contributed by atoms with Gasteiger partial charge in [0.1, 0.15) is 0 Å². The van der Waals surface area contributed by atoms with Crippen LogP contribution in [0.25, 0.3) is 0 Å². The maximum atomic E-state index is 4.34. The van der Waals surface area contributed by atoms with Crippen molar-refractivity contribution in [2.24, 2.45) is 4.99 Å². The Balaban J connectivity index is 1.84. The van der Waals surface area contributed by atoms with Gasteiger partial charge in [-0.25, -0.2) is 0 Å². The first-order valence-corrected chi connectivity index (χ1v) is 8.01. The molecule has 2 N–H and O–H groups in total. The summed E-state index contributed by atoms with van der Waals surface area (Å²) < 4.78 is 0. The number of aliphatic imine (C=N–C) groups is 1. The van der Waals surface area contributed by atoms with E-state index in [1.54, 1.807) is 0 Å². The molecule has 1 aliphatic carbocycles. The zero-order chi connectivity index (χ0) is 15.8. The minimum Gasteiger partial charge on any atom is -0.355 e. The molecule has 0 aliphatic heterocycles. The van der Waals surface area contributed by atoms with Crippen LogP contribution in [0.3, 0.4) is 0 Å². The van der Waals surface area contributed by atoms with Crippen LogP contribution >= 0.6 is 0 Å². The Hall–Kier alpha value is -1.81. The summed E-state index contributed by atoms with van der Waals surface area (Å²) in [5, 5.41) is 6.95. The number of hydrogen-bond acceptors (Lipinski definition) is 2. The Bertz CT molecular complexity index is 485. The van der Waals surface area contributed by atoms with E-state index < -0.39 is 0 Å². The maximum Gasteiger partial charge on any atom is 0.191 e. The molecule has 4 nitrogen and oxygen atoms in total. The summed E-state index contributed by atoms with van der Waals surface area (Å²) in [4.78, 5) is 6.61. The lowest BCUT2D eigenvalue weighted by Gasteiger charge is -2.26. The molecule has 1 aromatic carbocycles. The largest absolute Gasteiger partial charge is 0.355 e. The highest BCUT2D eigenvalue weighted by atomic mass is 15.2. The monoisotopic (exact) mass is 300 g/mol. The van der Waals surface area contributed by atoms with Crippen molar-refractivity contribution in [2.45, 2.75) is 31.3 Å². The molecular formula is C18H28N4. The molecule has 1 atom stereocenters. The summed E-state index contributed by atoms with van der Waals surface area (Å²) in [7, 11) is 6.10. The molecule has 2 rings (SSSR count). The van der Waals surface area contributed by atoms with E-state index in [2.05, 4.69) is 77.1 Å². The molecule has 1 unspecified atom stereocenters. The molecule has 0 saturated heterocycles. The molecule has 0 fully saturated rings. The molecule has 0 spiro atoms. The number of rotatable bonds is 6. The summed E-state index contributed by atoms with van der Waals surface area (Å²) in [6.45, 7) is 0.877. The van der Waals surface area contributed by atoms with E-state index in [0.29, 0.717) is 12.1 Å². The Labute approximate surface area is 134 Å². The molecule has 0 heterocycles. The first kappa shape index (κ1) is 16.6. The lowest BCUT2D eigenvalue weighted by molar-refractivity contribution is 0.290. The smallest absolute Gasteiger partial charge is 0.191 e. The second-order valence-corrected chi connectivity index (χ2v) is 6.04. The van der Waals surface area contributed by atoms with Gasteiger partial charge in [0.15, 0.2) is 5.96 Å². The van der Waals surface area contributed by atoms with Crippen LogP contribution in [0.15, 0.2) is 47.5 Å². The molecule has 22 heavy (non-hydrogen) atoms. The van der Waals surface area contributed by atoms with E-state index in [4.69, 9.17) is 0 Å². The van der Waals surface area contributed by atoms with Crippen molar-refractivity contribution in [3.05, 3.63) is 48.0 Å². The van der Waals surface area contributed by atoms with E-state index in [1.807, 2.05) is 7.05 Å². The summed E-state index contributed by atoms with van der Waals surface area (Å²) in [5.41, 5.74) is 1.37. The Morgan fingerprint density at radius 1 is 1.23 bits per heavy atom. The topological polar surface area (TPSA) is 39.7 Å². The Kier molecular flexibility index (Phi) is 6.46. The predicted molar refractivity (Wildman–Crippen MR) is 94.3 cm³/mol. The maximum absolute atomic E-state index is 4.34. The first-order chi connectivity index (χ1) is 10.7. The minimum absolute atomic E-state index is 0.433. The number of benzene rings is 1. The third kappa shape index (κ3) is 5.19. The third-order valence-corrected chi connectivity index (χ3v) is 4.12. The van der Waals surface area contributed by atoms with Crippen molar-refractivity contribution in [2.75, 3.05) is 27.7 Å². The highest BCUT2D eigenvalue weighted by molar-refractivity contribution is 5.80. The molecule has 0 bridgehead atoms. The fourth-order valence-electron chi connectivity index (χ4n) is 2.66. The van der Waals surface area contributed by atoms with Crippen LogP contribution < -0.4 is 10.6 Å². The van der Waals surface area contributed by atoms with E-state index in [9.17, 15) is 0 Å². The van der Waals surface area contributed by atoms with Gasteiger partial charge in [-0.1, -0.05) is 42.5 Å². The van der Waals surface area contributed by atoms with Gasteiger partial charge in [0.2, 0.25) is 0 Å². The first-order valence-electron chi connectivity index (χ1n) is 8.01. The van der Waals surface area contributed by atoms with Crippen LogP contribution in [0.1, 0.15) is 18.4 Å². The molecular weight excluding hydrogens is 272 g/mol. The number of hydrogen-bond donors (Lipinski definition) is 2. The highest BCUT2D eigenvalue weighted by Gasteiger charge is 2.15. The second-order valence-electron chi connectivity index (χ2n) is 6.04. The van der Waals surface area contributed by atoms with Crippen LogP contribution in [0, 0.1) is 0 Å². The number of guanidine groups is 1. The van der Waals surface area contributed by atoms with Crippen LogP contribution in [0.5, 0.6) is 0 Å². The zero-order valence-corrected chi connectivity index (χ0v) is 13.9. The van der Waals surface area contributed by atoms with Crippen molar-refractivity contribution >= 4 is 5.96 Å². The minimum atomic E-state index is 0.433. The number of nitrogens with zero attached hydrogens (tertiary/aromatic N) is 2. The lowest BCUT2D eigenvalue weighted by atomic mass is 10.1. The quantitative estimate of drug-likeness (QED) is 0.480. The van der Waals surface area contributed by atoms with Gasteiger partial charge in [-0.2, -0.15) is 0 Å². The van der Waals surface area contributed by atoms with Crippen LogP contribution in [-0.4, -0.2) is 50.6 Å². The van der Waals surface area contributed by atoms with Gasteiger partial charge in [0.25, 0.3) is 0 Å². The molecule has 120 valence electrons. The fourth-order valence-corrected chi connectivity index (χ4v) is 2.66. The molecule has 0 saturated carbocycles. The summed E-state index contributed by atoms with van der Waals surface area (Å²) in [6, 6.07) is 11.6. The molecule has 0 aromatic heterocycles. The standard InChI is InChI=1S/C18H28N4/c1-19-18(21-16-11-7-8-12-16)20-14-17(22(2)3)13-15-9-5-4-6-10-15/h4-10,16-17H,11-14H2,1-3H3,(H2,19,20,21). The van der Waals surface area contributed by atoms with Crippen molar-refractivity contribution in [3.63, 3.8) is 0 Å². The average molecular weight is 300 g/mol. The van der Waals surface area contributed by atoms with Crippen LogP contribution in [0.4, 0.5) is 0 Å². The lowest BCUT2D eigenvalue weighted by Crippen LogP contribution is -2.48. The van der Waals surface area contributed by atoms with Gasteiger partial charge in [0, 0.05) is 25.7 Å². The third-order valence-electron chi connectivity index (χ3n) is 4.12.